The first kappa shape index (κ1) is 51.6. The van der Waals surface area contributed by atoms with Crippen molar-refractivity contribution in [3.8, 4) is 11.5 Å². The molecule has 0 aliphatic carbocycles. The molecule has 0 aromatic heterocycles. The van der Waals surface area contributed by atoms with Gasteiger partial charge in [-0.25, -0.2) is 0 Å². The zero-order valence-electron chi connectivity index (χ0n) is 35.6. The Labute approximate surface area is 372 Å². The summed E-state index contributed by atoms with van der Waals surface area (Å²) in [6.07, 6.45) is -1.90. The molecule has 7 atom stereocenters. The van der Waals surface area contributed by atoms with Gasteiger partial charge in [-0.2, -0.15) is 12.6 Å². The first-order valence-electron chi connectivity index (χ1n) is 20.6. The summed E-state index contributed by atoms with van der Waals surface area (Å²) in [5.74, 6) is -7.38. The van der Waals surface area contributed by atoms with Crippen molar-refractivity contribution >= 4 is 65.4 Å². The van der Waals surface area contributed by atoms with E-state index in [1.165, 1.54) is 29.2 Å². The molecular formula is C43H61ClN6O11S. The third-order valence-electron chi connectivity index (χ3n) is 10.3. The normalized spacial score (nSPS) is 17.6. The Balaban J connectivity index is 1.89. The summed E-state index contributed by atoms with van der Waals surface area (Å²) in [4.78, 5) is 95.8. The highest BCUT2D eigenvalue weighted by atomic mass is 35.5. The topological polar surface area (TPSA) is 281 Å². The van der Waals surface area contributed by atoms with Gasteiger partial charge >= 0.3 is 5.97 Å². The van der Waals surface area contributed by atoms with Gasteiger partial charge in [0.25, 0.3) is 0 Å². The Kier molecular flexibility index (Phi) is 20.1. The van der Waals surface area contributed by atoms with Crippen LogP contribution in [0.4, 0.5) is 0 Å². The lowest BCUT2D eigenvalue weighted by Gasteiger charge is -2.30. The van der Waals surface area contributed by atoms with Crippen LogP contribution < -0.4 is 27.4 Å². The second kappa shape index (κ2) is 24.2. The summed E-state index contributed by atoms with van der Waals surface area (Å²) in [6.45, 7) is 7.60. The van der Waals surface area contributed by atoms with Crippen LogP contribution in [0.2, 0.25) is 5.02 Å². The summed E-state index contributed by atoms with van der Waals surface area (Å²) in [5, 5.41) is 37.3. The fourth-order valence-electron chi connectivity index (χ4n) is 7.23. The number of carbonyl (C=O) groups is 7. The molecule has 1 aliphatic rings. The molecule has 0 bridgehead atoms. The van der Waals surface area contributed by atoms with E-state index in [2.05, 4.69) is 28.6 Å². The SMILES string of the molecule is CCNC(=O)[C@@H](CC(=O)[C@@H]1CC(OC(C)(C)C)CN1C(=O)[C@H](CS)NC(=O)[C@@H](CCC(=O)O)CC(=O)[C@H](Cc1ccc(O)cc1)NC(=O)[C@@H](N)CCN)Cc1ccc(O)c(Cl)c1. The monoisotopic (exact) mass is 904 g/mol. The van der Waals surface area contributed by atoms with Crippen molar-refractivity contribution in [2.24, 2.45) is 23.3 Å². The molecule has 342 valence electrons. The molecule has 62 heavy (non-hydrogen) atoms. The lowest BCUT2D eigenvalue weighted by molar-refractivity contribution is -0.142. The van der Waals surface area contributed by atoms with E-state index in [1.807, 2.05) is 20.8 Å². The van der Waals surface area contributed by atoms with Crippen LogP contribution in [0.15, 0.2) is 42.5 Å². The number of hydrogen-bond donors (Lipinski definition) is 9. The van der Waals surface area contributed by atoms with E-state index in [4.69, 9.17) is 27.8 Å². The van der Waals surface area contributed by atoms with E-state index in [-0.39, 0.29) is 73.9 Å². The Morgan fingerprint density at radius 2 is 1.55 bits per heavy atom. The second-order valence-electron chi connectivity index (χ2n) is 16.5. The van der Waals surface area contributed by atoms with Gasteiger partial charge in [0.2, 0.25) is 23.6 Å². The van der Waals surface area contributed by atoms with Crippen LogP contribution in [0, 0.1) is 11.8 Å². The number of carboxylic acid groups (broad SMARTS) is 1. The lowest BCUT2D eigenvalue weighted by atomic mass is 9.90. The number of ether oxygens (including phenoxy) is 1. The fraction of sp³-hybridized carbons (Fsp3) is 0.558. The van der Waals surface area contributed by atoms with Gasteiger partial charge in [0.1, 0.15) is 17.5 Å². The van der Waals surface area contributed by atoms with Crippen molar-refractivity contribution in [1.29, 1.82) is 0 Å². The highest BCUT2D eigenvalue weighted by Gasteiger charge is 2.44. The third kappa shape index (κ3) is 16.2. The highest BCUT2D eigenvalue weighted by molar-refractivity contribution is 7.80. The van der Waals surface area contributed by atoms with Crippen molar-refractivity contribution in [1.82, 2.24) is 20.9 Å². The number of aliphatic carboxylic acids is 1. The molecule has 1 unspecified atom stereocenters. The first-order valence-corrected chi connectivity index (χ1v) is 21.6. The molecule has 4 amide bonds. The molecule has 3 rings (SSSR count). The number of thiol groups is 1. The number of ketones is 2. The van der Waals surface area contributed by atoms with Crippen molar-refractivity contribution in [2.75, 3.05) is 25.4 Å². The molecule has 1 saturated heterocycles. The quantitative estimate of drug-likeness (QED) is 0.0684. The van der Waals surface area contributed by atoms with E-state index in [0.717, 1.165) is 0 Å². The number of phenolic OH excluding ortho intramolecular Hbond substituents is 2. The number of hydrogen-bond acceptors (Lipinski definition) is 13. The average Bonchev–Trinajstić information content (AvgIpc) is 3.62. The number of carbonyl (C=O) groups excluding carboxylic acids is 6. The number of halogens is 1. The van der Waals surface area contributed by atoms with Crippen LogP contribution in [0.1, 0.15) is 77.3 Å². The first-order chi connectivity index (χ1) is 29.2. The van der Waals surface area contributed by atoms with E-state index in [1.54, 1.807) is 25.1 Å². The van der Waals surface area contributed by atoms with Gasteiger partial charge in [0, 0.05) is 56.4 Å². The average molecular weight is 906 g/mol. The number of nitrogens with zero attached hydrogens (tertiary/aromatic N) is 1. The Morgan fingerprint density at radius 3 is 2.13 bits per heavy atom. The summed E-state index contributed by atoms with van der Waals surface area (Å²) in [5.41, 5.74) is 12.0. The highest BCUT2D eigenvalue weighted by Crippen LogP contribution is 2.30. The molecular weight excluding hydrogens is 844 g/mol. The fourth-order valence-corrected chi connectivity index (χ4v) is 7.69. The summed E-state index contributed by atoms with van der Waals surface area (Å²) >= 11 is 10.5. The van der Waals surface area contributed by atoms with Gasteiger partial charge in [-0.1, -0.05) is 29.8 Å². The maximum Gasteiger partial charge on any atom is 0.303 e. The molecule has 0 spiro atoms. The minimum atomic E-state index is -1.34. The van der Waals surface area contributed by atoms with Crippen molar-refractivity contribution < 1.29 is 53.6 Å². The Morgan fingerprint density at radius 1 is 0.903 bits per heavy atom. The molecule has 17 nitrogen and oxygen atoms in total. The van der Waals surface area contributed by atoms with Gasteiger partial charge in [0.15, 0.2) is 11.6 Å². The summed E-state index contributed by atoms with van der Waals surface area (Å²) in [6, 6.07) is 5.78. The second-order valence-corrected chi connectivity index (χ2v) is 17.3. The van der Waals surface area contributed by atoms with Crippen LogP contribution in [0.5, 0.6) is 11.5 Å². The number of rotatable bonds is 24. The smallest absolute Gasteiger partial charge is 0.303 e. The molecule has 2 aromatic rings. The van der Waals surface area contributed by atoms with Crippen LogP contribution >= 0.6 is 24.2 Å². The molecule has 1 fully saturated rings. The number of Topliss-reactive ketones (excluding diaryl/α,β-unsaturated/α-hetero) is 2. The maximum atomic E-state index is 14.4. The third-order valence-corrected chi connectivity index (χ3v) is 11.0. The predicted octanol–water partition coefficient (Wildman–Crippen LogP) is 2.05. The predicted molar refractivity (Wildman–Crippen MR) is 235 cm³/mol. The zero-order valence-corrected chi connectivity index (χ0v) is 37.3. The largest absolute Gasteiger partial charge is 0.508 e. The lowest BCUT2D eigenvalue weighted by Crippen LogP contribution is -2.54. The number of aromatic hydroxyl groups is 2. The number of likely N-dealkylation sites (tertiary alicyclic amines) is 1. The number of carboxylic acids is 1. The minimum Gasteiger partial charge on any atom is -0.508 e. The van der Waals surface area contributed by atoms with Crippen LogP contribution in [-0.4, -0.2) is 123 Å². The van der Waals surface area contributed by atoms with E-state index >= 15 is 0 Å². The van der Waals surface area contributed by atoms with Crippen LogP contribution in [0.25, 0.3) is 0 Å². The van der Waals surface area contributed by atoms with E-state index in [0.29, 0.717) is 17.7 Å². The minimum absolute atomic E-state index is 0.0221. The van der Waals surface area contributed by atoms with Crippen LogP contribution in [0.3, 0.4) is 0 Å². The molecule has 0 saturated carbocycles. The Bertz CT molecular complexity index is 1900. The summed E-state index contributed by atoms with van der Waals surface area (Å²) < 4.78 is 6.21. The number of nitrogens with one attached hydrogen (secondary N) is 3. The standard InChI is InChI=1S/C43H61ClN6O11S/c1-5-47-39(57)27(16-25-8-12-35(52)30(44)17-25)20-37(54)34-21-29(61-43(2,3)4)22-50(34)42(60)33(23-62)49-40(58)26(9-13-38(55)56)19-36(53)32(48-41(59)31(46)14-15-45)18-24-6-10-28(51)11-7-24/h6-8,10-12,17,26-27,29,31-34,51-52,62H,5,9,13-16,18-23,45-46H2,1-4H3,(H,47,57)(H,48,59)(H,49,58)(H,55,56)/t26-,27+,29?,31-,32-,33-,34-/m0/s1. The molecule has 10 N–H and O–H groups in total. The number of phenols is 2. The summed E-state index contributed by atoms with van der Waals surface area (Å²) in [7, 11) is 0. The van der Waals surface area contributed by atoms with Gasteiger partial charge < -0.3 is 52.4 Å². The van der Waals surface area contributed by atoms with Crippen molar-refractivity contribution in [2.45, 2.75) is 115 Å². The number of amides is 4. The number of nitrogens with two attached hydrogens (primary N) is 2. The van der Waals surface area contributed by atoms with Gasteiger partial charge in [-0.05, 0) is 95.3 Å². The van der Waals surface area contributed by atoms with Crippen molar-refractivity contribution in [3.63, 3.8) is 0 Å². The molecule has 1 aliphatic heterocycles. The van der Waals surface area contributed by atoms with Crippen molar-refractivity contribution in [3.05, 3.63) is 58.6 Å². The van der Waals surface area contributed by atoms with Gasteiger partial charge in [-0.3, -0.25) is 33.6 Å². The molecule has 0 radical (unpaired) electrons. The Hall–Kier alpha value is -4.75. The molecule has 1 heterocycles. The van der Waals surface area contributed by atoms with Crippen LogP contribution in [-0.2, 0) is 51.1 Å². The molecule has 2 aromatic carbocycles. The molecule has 19 heteroatoms. The zero-order chi connectivity index (χ0) is 46.3. The van der Waals surface area contributed by atoms with Gasteiger partial charge in [-0.15, -0.1) is 0 Å². The van der Waals surface area contributed by atoms with Gasteiger partial charge in [0.05, 0.1) is 34.9 Å². The number of benzene rings is 2. The maximum absolute atomic E-state index is 14.4. The van der Waals surface area contributed by atoms with E-state index < -0.39 is 102 Å². The van der Waals surface area contributed by atoms with E-state index in [9.17, 15) is 48.9 Å².